The van der Waals surface area contributed by atoms with Gasteiger partial charge < -0.3 is 15.0 Å². The van der Waals surface area contributed by atoms with Crippen molar-refractivity contribution in [2.45, 2.75) is 45.3 Å². The van der Waals surface area contributed by atoms with Crippen LogP contribution in [0.5, 0.6) is 0 Å². The van der Waals surface area contributed by atoms with Gasteiger partial charge in [0.25, 0.3) is 5.92 Å². The van der Waals surface area contributed by atoms with Crippen LogP contribution in [0, 0.1) is 0 Å². The first-order valence-electron chi connectivity index (χ1n) is 5.67. The number of hydrogen-bond acceptors (Lipinski definition) is 4. The van der Waals surface area contributed by atoms with Crippen molar-refractivity contribution in [3.63, 3.8) is 0 Å². The lowest BCUT2D eigenvalue weighted by atomic mass is 10.0. The third-order valence-electron chi connectivity index (χ3n) is 2.16. The highest BCUT2D eigenvalue weighted by molar-refractivity contribution is 5.10. The van der Waals surface area contributed by atoms with Crippen molar-refractivity contribution in [2.24, 2.45) is 0 Å². The minimum atomic E-state index is -3.03. The Hall–Kier alpha value is -0.590. The van der Waals surface area contributed by atoms with Gasteiger partial charge in [0.15, 0.2) is 0 Å². The van der Waals surface area contributed by atoms with E-state index in [2.05, 4.69) is 0 Å². The van der Waals surface area contributed by atoms with E-state index in [0.717, 1.165) is 0 Å². The van der Waals surface area contributed by atoms with E-state index in [0.29, 0.717) is 6.54 Å². The summed E-state index contributed by atoms with van der Waals surface area (Å²) < 4.78 is 25.9. The Kier molecular flexibility index (Phi) is 10.4. The maximum absolute atomic E-state index is 12.9. The number of aliphatic hydroxyl groups is 2. The first kappa shape index (κ1) is 18.8. The maximum Gasteiger partial charge on any atom is 0.285 e. The van der Waals surface area contributed by atoms with E-state index in [1.807, 2.05) is 20.6 Å². The molecule has 0 aromatic rings. The summed E-state index contributed by atoms with van der Waals surface area (Å²) >= 11 is 0. The van der Waals surface area contributed by atoms with Gasteiger partial charge in [0.1, 0.15) is 12.9 Å². The Balaban J connectivity index is 0. The van der Waals surface area contributed by atoms with Gasteiger partial charge in [-0.2, -0.15) is 0 Å². The van der Waals surface area contributed by atoms with Crippen molar-refractivity contribution in [1.82, 2.24) is 4.90 Å². The van der Waals surface area contributed by atoms with Gasteiger partial charge in [-0.05, 0) is 13.3 Å². The molecular weight excluding hydrogens is 232 g/mol. The molecule has 2 N–H and O–H groups in total. The minimum absolute atomic E-state index is 0.0692. The lowest BCUT2D eigenvalue weighted by molar-refractivity contribution is -0.152. The van der Waals surface area contributed by atoms with Crippen LogP contribution in [-0.2, 0) is 4.79 Å². The van der Waals surface area contributed by atoms with Crippen LogP contribution >= 0.6 is 0 Å². The monoisotopic (exact) mass is 255 g/mol. The number of carbonyl (C=O) groups excluding carboxylic acids is 1. The van der Waals surface area contributed by atoms with Crippen molar-refractivity contribution in [3.05, 3.63) is 0 Å². The van der Waals surface area contributed by atoms with Crippen molar-refractivity contribution in [1.29, 1.82) is 0 Å². The minimum Gasteiger partial charge on any atom is -0.392 e. The molecule has 0 radical (unpaired) electrons. The van der Waals surface area contributed by atoms with Gasteiger partial charge in [-0.25, -0.2) is 8.78 Å². The van der Waals surface area contributed by atoms with Crippen LogP contribution in [0.1, 0.15) is 27.2 Å². The number of nitrogens with zero attached hydrogens (tertiary/aromatic N) is 1. The number of β-amino-alcohol motifs (C(OH)–C–C–N with tert-alkyl or cyclic N) is 1. The van der Waals surface area contributed by atoms with Crippen LogP contribution < -0.4 is 0 Å². The van der Waals surface area contributed by atoms with Crippen LogP contribution in [0.15, 0.2) is 0 Å². The number of hydrogen-bond donors (Lipinski definition) is 2. The Labute approximate surface area is 101 Å². The van der Waals surface area contributed by atoms with E-state index >= 15 is 0 Å². The number of alkyl halides is 2. The molecule has 0 aromatic heterocycles. The zero-order valence-electron chi connectivity index (χ0n) is 10.7. The van der Waals surface area contributed by atoms with Crippen molar-refractivity contribution >= 4 is 6.79 Å². The number of likely N-dealkylation sites (tertiary alicyclic amines) is 1. The van der Waals surface area contributed by atoms with Crippen LogP contribution in [0.25, 0.3) is 0 Å². The van der Waals surface area contributed by atoms with E-state index in [-0.39, 0.29) is 13.0 Å². The van der Waals surface area contributed by atoms with Crippen LogP contribution in [0.4, 0.5) is 8.78 Å². The molecule has 1 rings (SSSR count). The lowest BCUT2D eigenvalue weighted by Crippen LogP contribution is -2.52. The van der Waals surface area contributed by atoms with E-state index in [9.17, 15) is 8.78 Å². The highest BCUT2D eigenvalue weighted by atomic mass is 19.3. The Bertz CT molecular complexity index is 192. The number of halogens is 2. The highest BCUT2D eigenvalue weighted by Gasteiger charge is 2.43. The fourth-order valence-corrected chi connectivity index (χ4v) is 1.53. The summed E-state index contributed by atoms with van der Waals surface area (Å²) in [6.07, 6.45) is -2.07. The summed E-state index contributed by atoms with van der Waals surface area (Å²) in [5.74, 6) is -3.03. The molecule has 1 heterocycles. The molecule has 1 aliphatic rings. The third-order valence-corrected chi connectivity index (χ3v) is 2.16. The molecule has 104 valence electrons. The molecule has 1 saturated heterocycles. The Morgan fingerprint density at radius 1 is 1.47 bits per heavy atom. The van der Waals surface area contributed by atoms with Crippen LogP contribution in [0.2, 0.25) is 0 Å². The number of carbonyl (C=O) groups is 1. The SMILES string of the molecule is C=O.CC.C[C@H](O)CN1CC[C@H](O)C(F)(F)C1. The molecule has 0 amide bonds. The topological polar surface area (TPSA) is 60.8 Å². The molecule has 0 unspecified atom stereocenters. The molecule has 0 bridgehead atoms. The molecule has 0 saturated carbocycles. The average Bonchev–Trinajstić information content (AvgIpc) is 2.28. The molecule has 2 atom stereocenters. The Morgan fingerprint density at radius 2 is 1.94 bits per heavy atom. The van der Waals surface area contributed by atoms with Gasteiger partial charge in [0.05, 0.1) is 12.6 Å². The molecule has 0 aliphatic carbocycles. The predicted molar refractivity (Wildman–Crippen MR) is 62.2 cm³/mol. The third kappa shape index (κ3) is 7.36. The molecular formula is C11H23F2NO3. The average molecular weight is 255 g/mol. The number of aliphatic hydroxyl groups excluding tert-OH is 2. The Morgan fingerprint density at radius 3 is 2.29 bits per heavy atom. The van der Waals surface area contributed by atoms with Crippen molar-refractivity contribution < 1.29 is 23.8 Å². The van der Waals surface area contributed by atoms with Gasteiger partial charge in [-0.15, -0.1) is 0 Å². The molecule has 4 nitrogen and oxygen atoms in total. The van der Waals surface area contributed by atoms with Crippen LogP contribution in [-0.4, -0.2) is 59.7 Å². The first-order valence-corrected chi connectivity index (χ1v) is 5.67. The normalized spacial score (nSPS) is 24.8. The largest absolute Gasteiger partial charge is 0.392 e. The molecule has 0 spiro atoms. The van der Waals surface area contributed by atoms with Crippen molar-refractivity contribution in [2.75, 3.05) is 19.6 Å². The molecule has 1 fully saturated rings. The number of rotatable bonds is 2. The second-order valence-corrected chi connectivity index (χ2v) is 3.65. The summed E-state index contributed by atoms with van der Waals surface area (Å²) in [6.45, 7) is 7.76. The number of piperidine rings is 1. The summed E-state index contributed by atoms with van der Waals surface area (Å²) in [5, 5.41) is 17.9. The molecule has 1 aliphatic heterocycles. The summed E-state index contributed by atoms with van der Waals surface area (Å²) in [7, 11) is 0. The van der Waals surface area contributed by atoms with E-state index in [4.69, 9.17) is 15.0 Å². The van der Waals surface area contributed by atoms with E-state index in [1.54, 1.807) is 6.92 Å². The summed E-state index contributed by atoms with van der Waals surface area (Å²) in [4.78, 5) is 9.47. The first-order chi connectivity index (χ1) is 7.92. The standard InChI is InChI=1S/C8H15F2NO2.C2H6.CH2O/c1-6(12)4-11-3-2-7(13)8(9,10)5-11;2*1-2/h6-7,12-13H,2-5H2,1H3;1-2H3;1H2/t6-,7-;;/m0../s1. The van der Waals surface area contributed by atoms with Gasteiger partial charge in [-0.3, -0.25) is 4.90 Å². The van der Waals surface area contributed by atoms with E-state index < -0.39 is 24.7 Å². The van der Waals surface area contributed by atoms with Gasteiger partial charge in [0.2, 0.25) is 0 Å². The zero-order chi connectivity index (χ0) is 14.1. The maximum atomic E-state index is 12.9. The van der Waals surface area contributed by atoms with Gasteiger partial charge in [0, 0.05) is 13.1 Å². The molecule has 6 heteroatoms. The second kappa shape index (κ2) is 9.44. The molecule has 17 heavy (non-hydrogen) atoms. The van der Waals surface area contributed by atoms with Crippen molar-refractivity contribution in [3.8, 4) is 0 Å². The summed E-state index contributed by atoms with van der Waals surface area (Å²) in [6, 6.07) is 0. The molecule has 0 aromatic carbocycles. The quantitative estimate of drug-likeness (QED) is 0.770. The second-order valence-electron chi connectivity index (χ2n) is 3.65. The fourth-order valence-electron chi connectivity index (χ4n) is 1.53. The predicted octanol–water partition coefficient (Wildman–Crippen LogP) is 0.910. The van der Waals surface area contributed by atoms with Crippen LogP contribution in [0.3, 0.4) is 0 Å². The smallest absolute Gasteiger partial charge is 0.285 e. The lowest BCUT2D eigenvalue weighted by Gasteiger charge is -2.36. The fraction of sp³-hybridized carbons (Fsp3) is 0.909. The van der Waals surface area contributed by atoms with Gasteiger partial charge in [-0.1, -0.05) is 13.8 Å². The summed E-state index contributed by atoms with van der Waals surface area (Å²) in [5.41, 5.74) is 0. The highest BCUT2D eigenvalue weighted by Crippen LogP contribution is 2.26. The van der Waals surface area contributed by atoms with Gasteiger partial charge >= 0.3 is 0 Å². The van der Waals surface area contributed by atoms with E-state index in [1.165, 1.54) is 4.90 Å². The zero-order valence-corrected chi connectivity index (χ0v) is 10.7.